The molecule has 0 saturated heterocycles. The number of hydrogen-bond donors (Lipinski definition) is 3. The molecule has 0 amide bonds. The Bertz CT molecular complexity index is 680. The van der Waals surface area contributed by atoms with E-state index in [4.69, 9.17) is 5.11 Å². The number of anilines is 1. The molecule has 0 atom stereocenters. The number of halogens is 1. The number of aromatic amines is 1. The molecule has 2 rings (SSSR count). The predicted molar refractivity (Wildman–Crippen MR) is 79.2 cm³/mol. The summed E-state index contributed by atoms with van der Waals surface area (Å²) in [5, 5.41) is 15.4. The average Bonchev–Trinajstić information content (AvgIpc) is 2.74. The molecule has 0 unspecified atom stereocenters. The van der Waals surface area contributed by atoms with Crippen molar-refractivity contribution in [2.45, 2.75) is 18.4 Å². The third-order valence-electron chi connectivity index (χ3n) is 2.48. The molecule has 0 spiro atoms. The van der Waals surface area contributed by atoms with Gasteiger partial charge >= 0.3 is 0 Å². The first-order valence-corrected chi connectivity index (χ1v) is 7.93. The van der Waals surface area contributed by atoms with Crippen molar-refractivity contribution in [2.75, 3.05) is 4.72 Å². The first-order chi connectivity index (χ1) is 8.94. The second-order valence-electron chi connectivity index (χ2n) is 3.89. The minimum Gasteiger partial charge on any atom is -0.390 e. The fraction of sp³-hybridized carbons (Fsp3) is 0.182. The Labute approximate surface area is 124 Å². The van der Waals surface area contributed by atoms with Gasteiger partial charge in [-0.25, -0.2) is 8.42 Å². The number of aryl methyl sites for hydroxylation is 1. The number of sulfonamides is 1. The Morgan fingerprint density at radius 1 is 1.37 bits per heavy atom. The van der Waals surface area contributed by atoms with Crippen LogP contribution in [-0.4, -0.2) is 23.7 Å². The highest BCUT2D eigenvalue weighted by molar-refractivity contribution is 14.1. The SMILES string of the molecule is Cc1[nH]nc(CO)c1S(=O)(=O)Nc1ccc(I)cc1. The molecule has 3 N–H and O–H groups in total. The summed E-state index contributed by atoms with van der Waals surface area (Å²) in [4.78, 5) is -0.00597. The van der Waals surface area contributed by atoms with Crippen molar-refractivity contribution in [2.24, 2.45) is 0 Å². The van der Waals surface area contributed by atoms with Crippen LogP contribution in [0.15, 0.2) is 29.2 Å². The van der Waals surface area contributed by atoms with Gasteiger partial charge in [0.25, 0.3) is 10.0 Å². The van der Waals surface area contributed by atoms with Gasteiger partial charge in [0.2, 0.25) is 0 Å². The van der Waals surface area contributed by atoms with Crippen molar-refractivity contribution in [1.29, 1.82) is 0 Å². The van der Waals surface area contributed by atoms with E-state index < -0.39 is 16.6 Å². The van der Waals surface area contributed by atoms with Crippen molar-refractivity contribution in [3.63, 3.8) is 0 Å². The van der Waals surface area contributed by atoms with Crippen LogP contribution in [-0.2, 0) is 16.6 Å². The van der Waals surface area contributed by atoms with Gasteiger partial charge in [0.15, 0.2) is 0 Å². The summed E-state index contributed by atoms with van der Waals surface area (Å²) < 4.78 is 28.0. The highest BCUT2D eigenvalue weighted by Crippen LogP contribution is 2.21. The number of aliphatic hydroxyl groups excluding tert-OH is 1. The van der Waals surface area contributed by atoms with Crippen molar-refractivity contribution in [1.82, 2.24) is 10.2 Å². The lowest BCUT2D eigenvalue weighted by Gasteiger charge is -2.08. The molecular weight excluding hydrogens is 381 g/mol. The maximum absolute atomic E-state index is 12.3. The van der Waals surface area contributed by atoms with Gasteiger partial charge in [0, 0.05) is 9.26 Å². The molecule has 0 saturated carbocycles. The summed E-state index contributed by atoms with van der Waals surface area (Å²) >= 11 is 2.14. The largest absolute Gasteiger partial charge is 0.390 e. The number of H-pyrrole nitrogens is 1. The van der Waals surface area contributed by atoms with E-state index in [9.17, 15) is 8.42 Å². The standard InChI is InChI=1S/C11H12IN3O3S/c1-7-11(10(6-16)14-13-7)19(17,18)15-9-4-2-8(12)3-5-9/h2-5,15-16H,6H2,1H3,(H,13,14). The van der Waals surface area contributed by atoms with Crippen LogP contribution in [0.1, 0.15) is 11.4 Å². The summed E-state index contributed by atoms with van der Waals surface area (Å²) in [7, 11) is -3.76. The molecule has 19 heavy (non-hydrogen) atoms. The molecule has 0 aliphatic heterocycles. The number of aliphatic hydroxyl groups is 1. The van der Waals surface area contributed by atoms with Crippen LogP contribution in [0.3, 0.4) is 0 Å². The van der Waals surface area contributed by atoms with E-state index in [2.05, 4.69) is 37.5 Å². The molecular formula is C11H12IN3O3S. The normalized spacial score (nSPS) is 11.5. The molecule has 2 aromatic rings. The monoisotopic (exact) mass is 393 g/mol. The topological polar surface area (TPSA) is 95.1 Å². The smallest absolute Gasteiger partial charge is 0.265 e. The maximum atomic E-state index is 12.3. The molecule has 102 valence electrons. The van der Waals surface area contributed by atoms with Crippen LogP contribution in [0.25, 0.3) is 0 Å². The molecule has 0 bridgehead atoms. The van der Waals surface area contributed by atoms with Crippen molar-refractivity contribution in [3.05, 3.63) is 39.2 Å². The first kappa shape index (κ1) is 14.3. The van der Waals surface area contributed by atoms with Gasteiger partial charge in [0.1, 0.15) is 10.6 Å². The summed E-state index contributed by atoms with van der Waals surface area (Å²) in [5.41, 5.74) is 0.961. The van der Waals surface area contributed by atoms with Gasteiger partial charge in [0.05, 0.1) is 12.3 Å². The molecule has 1 aromatic heterocycles. The van der Waals surface area contributed by atoms with E-state index in [-0.39, 0.29) is 10.6 Å². The third-order valence-corrected chi connectivity index (χ3v) is 4.78. The Kier molecular flexibility index (Phi) is 4.11. The van der Waals surface area contributed by atoms with Crippen LogP contribution < -0.4 is 4.72 Å². The van der Waals surface area contributed by atoms with E-state index in [1.807, 2.05) is 0 Å². The van der Waals surface area contributed by atoms with E-state index in [1.54, 1.807) is 31.2 Å². The Morgan fingerprint density at radius 2 is 2.00 bits per heavy atom. The lowest BCUT2D eigenvalue weighted by molar-refractivity contribution is 0.273. The fourth-order valence-electron chi connectivity index (χ4n) is 1.66. The zero-order valence-corrected chi connectivity index (χ0v) is 13.0. The van der Waals surface area contributed by atoms with E-state index in [0.29, 0.717) is 11.4 Å². The highest BCUT2D eigenvalue weighted by atomic mass is 127. The Balaban J connectivity index is 2.37. The summed E-state index contributed by atoms with van der Waals surface area (Å²) in [6.45, 7) is 1.15. The first-order valence-electron chi connectivity index (χ1n) is 5.37. The molecule has 1 aromatic carbocycles. The number of aromatic nitrogens is 2. The number of nitrogens with one attached hydrogen (secondary N) is 2. The van der Waals surface area contributed by atoms with Crippen LogP contribution in [0.5, 0.6) is 0 Å². The van der Waals surface area contributed by atoms with Crippen molar-refractivity contribution < 1.29 is 13.5 Å². The number of hydrogen-bond acceptors (Lipinski definition) is 4. The second-order valence-corrected chi connectivity index (χ2v) is 6.76. The fourth-order valence-corrected chi connectivity index (χ4v) is 3.43. The number of nitrogens with zero attached hydrogens (tertiary/aromatic N) is 1. The van der Waals surface area contributed by atoms with Crippen molar-refractivity contribution in [3.8, 4) is 0 Å². The summed E-state index contributed by atoms with van der Waals surface area (Å²) in [5.74, 6) is 0. The zero-order chi connectivity index (χ0) is 14.0. The molecule has 8 heteroatoms. The predicted octanol–water partition coefficient (Wildman–Crippen LogP) is 1.62. The molecule has 0 radical (unpaired) electrons. The van der Waals surface area contributed by atoms with Gasteiger partial charge < -0.3 is 5.11 Å². The second kappa shape index (κ2) is 5.47. The molecule has 0 fully saturated rings. The van der Waals surface area contributed by atoms with Gasteiger partial charge in [-0.2, -0.15) is 5.10 Å². The van der Waals surface area contributed by atoms with Crippen LogP contribution in [0, 0.1) is 10.5 Å². The van der Waals surface area contributed by atoms with E-state index >= 15 is 0 Å². The maximum Gasteiger partial charge on any atom is 0.265 e. The summed E-state index contributed by atoms with van der Waals surface area (Å²) in [6, 6.07) is 6.95. The molecule has 0 aliphatic carbocycles. The van der Waals surface area contributed by atoms with Gasteiger partial charge in [-0.1, -0.05) is 0 Å². The quantitative estimate of drug-likeness (QED) is 0.688. The summed E-state index contributed by atoms with van der Waals surface area (Å²) in [6.07, 6.45) is 0. The minimum absolute atomic E-state index is 0.00597. The third kappa shape index (κ3) is 3.07. The van der Waals surface area contributed by atoms with E-state index in [1.165, 1.54) is 0 Å². The average molecular weight is 393 g/mol. The lowest BCUT2D eigenvalue weighted by atomic mass is 10.3. The van der Waals surface area contributed by atoms with E-state index in [0.717, 1.165) is 3.57 Å². The zero-order valence-electron chi connectivity index (χ0n) is 10.0. The minimum atomic E-state index is -3.76. The van der Waals surface area contributed by atoms with Gasteiger partial charge in [-0.15, -0.1) is 0 Å². The highest BCUT2D eigenvalue weighted by Gasteiger charge is 2.23. The number of benzene rings is 1. The van der Waals surface area contributed by atoms with Gasteiger partial charge in [-0.05, 0) is 53.8 Å². The van der Waals surface area contributed by atoms with Crippen LogP contribution in [0.2, 0.25) is 0 Å². The Hall–Kier alpha value is -1.13. The molecule has 0 aliphatic rings. The molecule has 1 heterocycles. The molecule has 6 nitrogen and oxygen atoms in total. The van der Waals surface area contributed by atoms with Crippen molar-refractivity contribution >= 4 is 38.3 Å². The van der Waals surface area contributed by atoms with Crippen LogP contribution >= 0.6 is 22.6 Å². The van der Waals surface area contributed by atoms with Crippen LogP contribution in [0.4, 0.5) is 5.69 Å². The number of rotatable bonds is 4. The lowest BCUT2D eigenvalue weighted by Crippen LogP contribution is -2.15. The Morgan fingerprint density at radius 3 is 2.58 bits per heavy atom. The van der Waals surface area contributed by atoms with Gasteiger partial charge in [-0.3, -0.25) is 9.82 Å².